The SMILES string of the molecule is CC(O)CCNCC(O)c1cc(F)ccc1F. The molecule has 0 aliphatic heterocycles. The van der Waals surface area contributed by atoms with E-state index in [9.17, 15) is 13.9 Å². The fourth-order valence-electron chi connectivity index (χ4n) is 1.43. The highest BCUT2D eigenvalue weighted by molar-refractivity contribution is 5.21. The van der Waals surface area contributed by atoms with Gasteiger partial charge in [-0.1, -0.05) is 0 Å². The number of rotatable bonds is 6. The largest absolute Gasteiger partial charge is 0.393 e. The molecule has 3 nitrogen and oxygen atoms in total. The number of aliphatic hydroxyl groups is 2. The lowest BCUT2D eigenvalue weighted by Crippen LogP contribution is -2.25. The Kier molecular flexibility index (Phi) is 5.47. The summed E-state index contributed by atoms with van der Waals surface area (Å²) in [6, 6.07) is 2.98. The second kappa shape index (κ2) is 6.64. The molecule has 0 radical (unpaired) electrons. The summed E-state index contributed by atoms with van der Waals surface area (Å²) in [7, 11) is 0. The number of hydrogen-bond acceptors (Lipinski definition) is 3. The lowest BCUT2D eigenvalue weighted by molar-refractivity contribution is 0.159. The van der Waals surface area contributed by atoms with Crippen LogP contribution in [0.1, 0.15) is 25.0 Å². The van der Waals surface area contributed by atoms with Gasteiger partial charge in [0.25, 0.3) is 0 Å². The Balaban J connectivity index is 2.46. The van der Waals surface area contributed by atoms with Gasteiger partial charge in [0.05, 0.1) is 12.2 Å². The summed E-state index contributed by atoms with van der Waals surface area (Å²) in [4.78, 5) is 0. The number of nitrogens with one attached hydrogen (secondary N) is 1. The molecule has 0 saturated carbocycles. The molecule has 0 aliphatic rings. The number of aliphatic hydroxyl groups excluding tert-OH is 2. The maximum absolute atomic E-state index is 13.3. The standard InChI is InChI=1S/C12H17F2NO2/c1-8(16)4-5-15-7-12(17)10-6-9(13)2-3-11(10)14/h2-3,6,8,12,15-17H,4-5,7H2,1H3. The van der Waals surface area contributed by atoms with E-state index in [0.29, 0.717) is 13.0 Å². The number of halogens is 2. The van der Waals surface area contributed by atoms with E-state index in [0.717, 1.165) is 18.2 Å². The van der Waals surface area contributed by atoms with Gasteiger partial charge in [0.15, 0.2) is 0 Å². The summed E-state index contributed by atoms with van der Waals surface area (Å²) in [6.45, 7) is 2.28. The van der Waals surface area contributed by atoms with Gasteiger partial charge in [-0.3, -0.25) is 0 Å². The average Bonchev–Trinajstić information content (AvgIpc) is 2.27. The number of hydrogen-bond donors (Lipinski definition) is 3. The predicted octanol–water partition coefficient (Wildman–Crippen LogP) is 1.36. The van der Waals surface area contributed by atoms with Crippen molar-refractivity contribution in [3.63, 3.8) is 0 Å². The quantitative estimate of drug-likeness (QED) is 0.663. The van der Waals surface area contributed by atoms with E-state index in [1.54, 1.807) is 6.92 Å². The minimum Gasteiger partial charge on any atom is -0.393 e. The highest BCUT2D eigenvalue weighted by atomic mass is 19.1. The Bertz CT molecular complexity index is 358. The highest BCUT2D eigenvalue weighted by Crippen LogP contribution is 2.17. The first-order valence-corrected chi connectivity index (χ1v) is 5.52. The van der Waals surface area contributed by atoms with Crippen molar-refractivity contribution >= 4 is 0 Å². The molecule has 1 rings (SSSR count). The molecule has 5 heteroatoms. The average molecular weight is 245 g/mol. The van der Waals surface area contributed by atoms with Crippen LogP contribution < -0.4 is 5.32 Å². The van der Waals surface area contributed by atoms with Crippen LogP contribution in [0.15, 0.2) is 18.2 Å². The topological polar surface area (TPSA) is 52.5 Å². The fraction of sp³-hybridized carbons (Fsp3) is 0.500. The van der Waals surface area contributed by atoms with E-state index in [1.165, 1.54) is 0 Å². The van der Waals surface area contributed by atoms with E-state index >= 15 is 0 Å². The summed E-state index contributed by atoms with van der Waals surface area (Å²) in [5, 5.41) is 21.5. The first-order chi connectivity index (χ1) is 8.00. The Hall–Kier alpha value is -1.04. The van der Waals surface area contributed by atoms with E-state index in [-0.39, 0.29) is 12.1 Å². The van der Waals surface area contributed by atoms with Crippen LogP contribution in [0, 0.1) is 11.6 Å². The molecule has 0 spiro atoms. The Morgan fingerprint density at radius 1 is 1.29 bits per heavy atom. The third-order valence-electron chi connectivity index (χ3n) is 2.39. The first kappa shape index (κ1) is 14.0. The van der Waals surface area contributed by atoms with Crippen LogP contribution in [0.3, 0.4) is 0 Å². The van der Waals surface area contributed by atoms with Crippen molar-refractivity contribution in [1.29, 1.82) is 0 Å². The molecule has 0 saturated heterocycles. The molecule has 96 valence electrons. The zero-order valence-electron chi connectivity index (χ0n) is 9.66. The van der Waals surface area contributed by atoms with Crippen molar-refractivity contribution in [3.05, 3.63) is 35.4 Å². The second-order valence-corrected chi connectivity index (χ2v) is 4.02. The van der Waals surface area contributed by atoms with Gasteiger partial charge in [0, 0.05) is 12.1 Å². The third-order valence-corrected chi connectivity index (χ3v) is 2.39. The third kappa shape index (κ3) is 4.77. The Morgan fingerprint density at radius 2 is 2.00 bits per heavy atom. The normalized spacial score (nSPS) is 14.6. The van der Waals surface area contributed by atoms with Gasteiger partial charge in [-0.25, -0.2) is 8.78 Å². The van der Waals surface area contributed by atoms with Gasteiger partial charge in [-0.15, -0.1) is 0 Å². The molecule has 0 bridgehead atoms. The smallest absolute Gasteiger partial charge is 0.129 e. The maximum atomic E-state index is 13.3. The van der Waals surface area contributed by atoms with Gasteiger partial charge >= 0.3 is 0 Å². The molecule has 2 atom stereocenters. The van der Waals surface area contributed by atoms with Gasteiger partial charge in [0.1, 0.15) is 11.6 Å². The van der Waals surface area contributed by atoms with Gasteiger partial charge in [0.2, 0.25) is 0 Å². The molecule has 0 aromatic heterocycles. The van der Waals surface area contributed by atoms with E-state index < -0.39 is 23.8 Å². The van der Waals surface area contributed by atoms with Crippen LogP contribution in [-0.2, 0) is 0 Å². The number of benzene rings is 1. The summed E-state index contributed by atoms with van der Waals surface area (Å²) < 4.78 is 26.1. The van der Waals surface area contributed by atoms with Gasteiger partial charge in [-0.05, 0) is 38.1 Å². The van der Waals surface area contributed by atoms with Crippen molar-refractivity contribution < 1.29 is 19.0 Å². The van der Waals surface area contributed by atoms with Crippen LogP contribution in [0.4, 0.5) is 8.78 Å². The van der Waals surface area contributed by atoms with Crippen LogP contribution in [-0.4, -0.2) is 29.4 Å². The van der Waals surface area contributed by atoms with E-state index in [2.05, 4.69) is 5.32 Å². The van der Waals surface area contributed by atoms with Crippen LogP contribution in [0.2, 0.25) is 0 Å². The fourth-order valence-corrected chi connectivity index (χ4v) is 1.43. The van der Waals surface area contributed by atoms with Gasteiger partial charge in [-0.2, -0.15) is 0 Å². The summed E-state index contributed by atoms with van der Waals surface area (Å²) in [5.74, 6) is -1.21. The second-order valence-electron chi connectivity index (χ2n) is 4.02. The molecule has 1 aromatic carbocycles. The molecule has 17 heavy (non-hydrogen) atoms. The summed E-state index contributed by atoms with van der Waals surface area (Å²) in [6.07, 6.45) is -0.983. The first-order valence-electron chi connectivity index (χ1n) is 5.52. The zero-order chi connectivity index (χ0) is 12.8. The van der Waals surface area contributed by atoms with Crippen LogP contribution in [0.25, 0.3) is 0 Å². The summed E-state index contributed by atoms with van der Waals surface area (Å²) in [5.41, 5.74) is -0.0606. The van der Waals surface area contributed by atoms with Crippen molar-refractivity contribution in [1.82, 2.24) is 5.32 Å². The maximum Gasteiger partial charge on any atom is 0.129 e. The lowest BCUT2D eigenvalue weighted by Gasteiger charge is -2.13. The van der Waals surface area contributed by atoms with E-state index in [4.69, 9.17) is 5.11 Å². The molecule has 0 heterocycles. The van der Waals surface area contributed by atoms with Crippen molar-refractivity contribution in [2.45, 2.75) is 25.6 Å². The minimum absolute atomic E-state index is 0.0606. The minimum atomic E-state index is -1.10. The van der Waals surface area contributed by atoms with Gasteiger partial charge < -0.3 is 15.5 Å². The molecular formula is C12H17F2NO2. The predicted molar refractivity (Wildman–Crippen MR) is 60.5 cm³/mol. The molecule has 1 aromatic rings. The van der Waals surface area contributed by atoms with Crippen LogP contribution in [0.5, 0.6) is 0 Å². The zero-order valence-corrected chi connectivity index (χ0v) is 9.66. The van der Waals surface area contributed by atoms with Crippen molar-refractivity contribution in [2.24, 2.45) is 0 Å². The van der Waals surface area contributed by atoms with Crippen LogP contribution >= 0.6 is 0 Å². The molecule has 0 fully saturated rings. The molecule has 2 unspecified atom stereocenters. The monoisotopic (exact) mass is 245 g/mol. The molecule has 0 aliphatic carbocycles. The Morgan fingerprint density at radius 3 is 2.65 bits per heavy atom. The Labute approximate surface area is 99.1 Å². The van der Waals surface area contributed by atoms with E-state index in [1.807, 2.05) is 0 Å². The lowest BCUT2D eigenvalue weighted by atomic mass is 10.1. The van der Waals surface area contributed by atoms with Crippen molar-refractivity contribution in [2.75, 3.05) is 13.1 Å². The molecule has 3 N–H and O–H groups in total. The summed E-state index contributed by atoms with van der Waals surface area (Å²) >= 11 is 0. The molecular weight excluding hydrogens is 228 g/mol. The highest BCUT2D eigenvalue weighted by Gasteiger charge is 2.13. The van der Waals surface area contributed by atoms with Crippen molar-refractivity contribution in [3.8, 4) is 0 Å². The molecule has 0 amide bonds.